The molecule has 5 heteroatoms. The predicted octanol–water partition coefficient (Wildman–Crippen LogP) is 3.00. The summed E-state index contributed by atoms with van der Waals surface area (Å²) in [7, 11) is 1.95. The van der Waals surface area contributed by atoms with Crippen LogP contribution in [0.1, 0.15) is 25.3 Å². The predicted molar refractivity (Wildman–Crippen MR) is 90.4 cm³/mol. The Morgan fingerprint density at radius 2 is 2.00 bits per heavy atom. The molecule has 0 radical (unpaired) electrons. The molecule has 114 valence electrons. The van der Waals surface area contributed by atoms with Crippen LogP contribution in [0.3, 0.4) is 0 Å². The summed E-state index contributed by atoms with van der Waals surface area (Å²) in [6.07, 6.45) is 3.62. The second-order valence-electron chi connectivity index (χ2n) is 5.21. The second-order valence-corrected chi connectivity index (χ2v) is 6.28. The van der Waals surface area contributed by atoms with E-state index in [1.54, 1.807) is 17.8 Å². The summed E-state index contributed by atoms with van der Waals surface area (Å²) in [5.41, 5.74) is 0.532. The van der Waals surface area contributed by atoms with E-state index in [-0.39, 0.29) is 5.75 Å². The largest absolute Gasteiger partial charge is 0.489 e. The van der Waals surface area contributed by atoms with Gasteiger partial charge in [0.1, 0.15) is 0 Å². The maximum Gasteiger partial charge on any atom is 0.268 e. The van der Waals surface area contributed by atoms with Crippen molar-refractivity contribution in [3.8, 4) is 5.75 Å². The first-order chi connectivity index (χ1) is 10.6. The van der Waals surface area contributed by atoms with E-state index in [4.69, 9.17) is 4.74 Å². The van der Waals surface area contributed by atoms with Crippen LogP contribution in [0.15, 0.2) is 43.8 Å². The second kappa shape index (κ2) is 6.01. The van der Waals surface area contributed by atoms with Crippen LogP contribution < -0.4 is 20.5 Å². The summed E-state index contributed by atoms with van der Waals surface area (Å²) in [6, 6.07) is 8.04. The van der Waals surface area contributed by atoms with Gasteiger partial charge in [0.05, 0.1) is 22.9 Å². The van der Waals surface area contributed by atoms with Gasteiger partial charge in [0.15, 0.2) is 5.75 Å². The van der Waals surface area contributed by atoms with Crippen LogP contribution in [0.25, 0.3) is 6.08 Å². The van der Waals surface area contributed by atoms with E-state index in [0.717, 1.165) is 28.5 Å². The molecule has 0 N–H and O–H groups in total. The molecule has 4 nitrogen and oxygen atoms in total. The van der Waals surface area contributed by atoms with Crippen molar-refractivity contribution in [2.45, 2.75) is 24.7 Å². The third-order valence-electron chi connectivity index (χ3n) is 3.69. The number of thioether (sulfide) groups is 1. The SMILES string of the molecule is CCCCOc1c(C=C2Sc3ccccc3N2C)c(=O)c1=O. The van der Waals surface area contributed by atoms with Gasteiger partial charge in [-0.25, -0.2) is 0 Å². The van der Waals surface area contributed by atoms with Gasteiger partial charge < -0.3 is 9.64 Å². The van der Waals surface area contributed by atoms with Gasteiger partial charge in [-0.2, -0.15) is 0 Å². The fourth-order valence-electron chi connectivity index (χ4n) is 2.35. The Bertz CT molecular complexity index is 802. The van der Waals surface area contributed by atoms with Crippen molar-refractivity contribution >= 4 is 23.5 Å². The number of ether oxygens (including phenoxy) is 1. The zero-order chi connectivity index (χ0) is 15.7. The van der Waals surface area contributed by atoms with Crippen LogP contribution in [0.2, 0.25) is 0 Å². The number of rotatable bonds is 5. The average molecular weight is 315 g/mol. The molecule has 1 heterocycles. The summed E-state index contributed by atoms with van der Waals surface area (Å²) in [5.74, 6) is 0.218. The van der Waals surface area contributed by atoms with Gasteiger partial charge in [0.2, 0.25) is 5.43 Å². The minimum atomic E-state index is -0.508. The molecule has 22 heavy (non-hydrogen) atoms. The van der Waals surface area contributed by atoms with E-state index in [1.807, 2.05) is 36.2 Å². The number of fused-ring (bicyclic) bond motifs is 1. The summed E-state index contributed by atoms with van der Waals surface area (Å²) in [5, 5.41) is 0.925. The molecule has 0 spiro atoms. The fraction of sp³-hybridized carbons (Fsp3) is 0.294. The Balaban J connectivity index is 1.87. The third-order valence-corrected chi connectivity index (χ3v) is 4.85. The Morgan fingerprint density at radius 3 is 2.73 bits per heavy atom. The molecule has 0 bridgehead atoms. The number of unbranched alkanes of at least 4 members (excludes halogenated alkanes) is 1. The smallest absolute Gasteiger partial charge is 0.268 e. The normalized spacial score (nSPS) is 15.5. The molecule has 1 aliphatic rings. The summed E-state index contributed by atoms with van der Waals surface area (Å²) >= 11 is 1.59. The highest BCUT2D eigenvalue weighted by atomic mass is 32.2. The number of para-hydroxylation sites is 1. The number of benzene rings is 1. The van der Waals surface area contributed by atoms with Gasteiger partial charge in [-0.1, -0.05) is 37.2 Å². The minimum absolute atomic E-state index is 0.218. The molecule has 0 aromatic heterocycles. The molecule has 0 atom stereocenters. The molecule has 1 aliphatic heterocycles. The van der Waals surface area contributed by atoms with Crippen molar-refractivity contribution in [2.24, 2.45) is 0 Å². The Hall–Kier alpha value is -2.01. The minimum Gasteiger partial charge on any atom is -0.489 e. The molecule has 0 fully saturated rings. The number of hydrogen-bond acceptors (Lipinski definition) is 5. The summed E-state index contributed by atoms with van der Waals surface area (Å²) < 4.78 is 5.47. The third kappa shape index (κ3) is 2.46. The number of anilines is 1. The summed E-state index contributed by atoms with van der Waals surface area (Å²) in [4.78, 5) is 26.6. The van der Waals surface area contributed by atoms with Crippen molar-refractivity contribution in [1.29, 1.82) is 0 Å². The van der Waals surface area contributed by atoms with E-state index < -0.39 is 10.9 Å². The lowest BCUT2D eigenvalue weighted by molar-refractivity contribution is 0.302. The molecule has 3 rings (SSSR count). The van der Waals surface area contributed by atoms with Gasteiger partial charge in [-0.05, 0) is 24.6 Å². The molecule has 0 saturated heterocycles. The first kappa shape index (κ1) is 14.9. The molecular weight excluding hydrogens is 298 g/mol. The maximum absolute atomic E-state index is 11.8. The highest BCUT2D eigenvalue weighted by molar-refractivity contribution is 8.03. The zero-order valence-electron chi connectivity index (χ0n) is 12.6. The topological polar surface area (TPSA) is 46.6 Å². The highest BCUT2D eigenvalue weighted by Gasteiger charge is 2.26. The van der Waals surface area contributed by atoms with Crippen molar-refractivity contribution in [1.82, 2.24) is 0 Å². The van der Waals surface area contributed by atoms with Crippen molar-refractivity contribution in [3.63, 3.8) is 0 Å². The Morgan fingerprint density at radius 1 is 1.23 bits per heavy atom. The van der Waals surface area contributed by atoms with E-state index in [2.05, 4.69) is 6.92 Å². The average Bonchev–Trinajstić information content (AvgIpc) is 2.86. The van der Waals surface area contributed by atoms with Crippen LogP contribution in [0.4, 0.5) is 5.69 Å². The zero-order valence-corrected chi connectivity index (χ0v) is 13.4. The summed E-state index contributed by atoms with van der Waals surface area (Å²) in [6.45, 7) is 2.52. The van der Waals surface area contributed by atoms with Gasteiger partial charge in [-0.15, -0.1) is 0 Å². The first-order valence-electron chi connectivity index (χ1n) is 7.32. The highest BCUT2D eigenvalue weighted by Crippen LogP contribution is 2.45. The van der Waals surface area contributed by atoms with Crippen LogP contribution in [-0.2, 0) is 0 Å². The van der Waals surface area contributed by atoms with E-state index in [1.165, 1.54) is 0 Å². The van der Waals surface area contributed by atoms with Crippen LogP contribution in [0, 0.1) is 0 Å². The lowest BCUT2D eigenvalue weighted by Gasteiger charge is -2.15. The first-order valence-corrected chi connectivity index (χ1v) is 8.13. The molecule has 0 amide bonds. The molecule has 0 saturated carbocycles. The fourth-order valence-corrected chi connectivity index (χ4v) is 3.45. The number of nitrogens with zero attached hydrogens (tertiary/aromatic N) is 1. The van der Waals surface area contributed by atoms with Crippen LogP contribution in [0.5, 0.6) is 5.75 Å². The molecule has 0 unspecified atom stereocenters. The molecule has 2 aromatic carbocycles. The van der Waals surface area contributed by atoms with Crippen LogP contribution in [-0.4, -0.2) is 13.7 Å². The Kier molecular flexibility index (Phi) is 4.07. The van der Waals surface area contributed by atoms with Gasteiger partial charge in [0, 0.05) is 11.9 Å². The molecular formula is C17H17NO3S. The van der Waals surface area contributed by atoms with Crippen LogP contribution >= 0.6 is 11.8 Å². The lowest BCUT2D eigenvalue weighted by Crippen LogP contribution is -2.35. The lowest BCUT2D eigenvalue weighted by atomic mass is 10.1. The molecule has 2 aromatic rings. The maximum atomic E-state index is 11.8. The molecule has 0 aliphatic carbocycles. The Labute approximate surface area is 133 Å². The standard InChI is InChI=1S/C17H17NO3S/c1-3-4-9-21-17-11(15(19)16(17)20)10-14-18(2)12-7-5-6-8-13(12)22-14/h5-8,10H,3-4,9H2,1-2H3. The van der Waals surface area contributed by atoms with Gasteiger partial charge in [-0.3, -0.25) is 9.59 Å². The van der Waals surface area contributed by atoms with E-state index in [9.17, 15) is 9.59 Å². The van der Waals surface area contributed by atoms with E-state index >= 15 is 0 Å². The monoisotopic (exact) mass is 315 g/mol. The van der Waals surface area contributed by atoms with Crippen molar-refractivity contribution in [2.75, 3.05) is 18.6 Å². The van der Waals surface area contributed by atoms with Gasteiger partial charge in [0.25, 0.3) is 5.43 Å². The van der Waals surface area contributed by atoms with Gasteiger partial charge >= 0.3 is 0 Å². The van der Waals surface area contributed by atoms with Crippen molar-refractivity contribution < 1.29 is 4.74 Å². The quantitative estimate of drug-likeness (QED) is 0.627. The van der Waals surface area contributed by atoms with Crippen molar-refractivity contribution in [3.05, 3.63) is 55.3 Å². The number of hydrogen-bond donors (Lipinski definition) is 0. The van der Waals surface area contributed by atoms with E-state index in [0.29, 0.717) is 12.2 Å².